The van der Waals surface area contributed by atoms with Gasteiger partial charge >= 0.3 is 0 Å². The minimum atomic E-state index is 0.0183. The van der Waals surface area contributed by atoms with Crippen molar-refractivity contribution in [3.8, 4) is 0 Å². The monoisotopic (exact) mass is 267 g/mol. The fourth-order valence-corrected chi connectivity index (χ4v) is 3.01. The maximum absolute atomic E-state index is 12.1. The van der Waals surface area contributed by atoms with Crippen LogP contribution in [-0.2, 0) is 11.2 Å². The molecule has 2 heterocycles. The van der Waals surface area contributed by atoms with E-state index in [1.807, 2.05) is 13.1 Å². The molecule has 1 aromatic rings. The Bertz CT molecular complexity index is 399. The number of carbonyl (C=O) groups is 1. The lowest BCUT2D eigenvalue weighted by atomic mass is 9.98. The molecular formula is C13H21N3OS. The maximum Gasteiger partial charge on any atom is 0.224 e. The number of aryl methyl sites for hydroxylation is 1. The van der Waals surface area contributed by atoms with E-state index >= 15 is 0 Å². The zero-order valence-corrected chi connectivity index (χ0v) is 11.8. The number of aromatic nitrogens is 1. The second kappa shape index (κ2) is 6.29. The first-order valence-corrected chi connectivity index (χ1v) is 7.48. The fraction of sp³-hybridized carbons (Fsp3) is 0.692. The molecule has 2 N–H and O–H groups in total. The minimum Gasteiger partial charge on any atom is -0.347 e. The van der Waals surface area contributed by atoms with Gasteiger partial charge in [0.1, 0.15) is 5.01 Å². The van der Waals surface area contributed by atoms with Crippen LogP contribution in [0.3, 0.4) is 0 Å². The maximum atomic E-state index is 12.1. The Morgan fingerprint density at radius 1 is 1.72 bits per heavy atom. The third-order valence-corrected chi connectivity index (χ3v) is 4.64. The highest BCUT2D eigenvalue weighted by molar-refractivity contribution is 7.11. The van der Waals surface area contributed by atoms with Crippen LogP contribution in [0.15, 0.2) is 6.20 Å². The first-order chi connectivity index (χ1) is 8.70. The summed E-state index contributed by atoms with van der Waals surface area (Å²) in [5, 5.41) is 7.34. The van der Waals surface area contributed by atoms with Gasteiger partial charge in [0.05, 0.1) is 12.0 Å². The predicted octanol–water partition coefficient (Wildman–Crippen LogP) is 1.88. The van der Waals surface area contributed by atoms with E-state index in [1.54, 1.807) is 11.3 Å². The van der Waals surface area contributed by atoms with E-state index in [0.717, 1.165) is 37.4 Å². The molecule has 100 valence electrons. The molecule has 0 spiro atoms. The minimum absolute atomic E-state index is 0.0183. The highest BCUT2D eigenvalue weighted by Crippen LogP contribution is 2.21. The van der Waals surface area contributed by atoms with Crippen molar-refractivity contribution in [3.63, 3.8) is 0 Å². The van der Waals surface area contributed by atoms with Crippen molar-refractivity contribution in [1.29, 1.82) is 0 Å². The van der Waals surface area contributed by atoms with Crippen molar-refractivity contribution in [2.45, 2.75) is 39.2 Å². The molecule has 0 bridgehead atoms. The molecule has 2 rings (SSSR count). The molecule has 0 aromatic carbocycles. The number of piperidine rings is 1. The Labute approximate surface area is 112 Å². The molecular weight excluding hydrogens is 246 g/mol. The Hall–Kier alpha value is -0.940. The molecule has 0 saturated carbocycles. The first kappa shape index (κ1) is 13.5. The summed E-state index contributed by atoms with van der Waals surface area (Å²) in [5.74, 6) is 0.273. The van der Waals surface area contributed by atoms with Gasteiger partial charge < -0.3 is 10.6 Å². The molecule has 0 radical (unpaired) electrons. The van der Waals surface area contributed by atoms with Crippen LogP contribution in [0.4, 0.5) is 0 Å². The zero-order valence-electron chi connectivity index (χ0n) is 11.0. The van der Waals surface area contributed by atoms with Crippen LogP contribution in [-0.4, -0.2) is 24.0 Å². The standard InChI is InChI=1S/C13H21N3OS/c1-3-11-8-15-13(18-11)9(2)16-12(17)10-5-4-6-14-7-10/h8-10,14H,3-7H2,1-2H3,(H,16,17). The quantitative estimate of drug-likeness (QED) is 0.876. The van der Waals surface area contributed by atoms with E-state index in [4.69, 9.17) is 0 Å². The average molecular weight is 267 g/mol. The van der Waals surface area contributed by atoms with E-state index in [1.165, 1.54) is 4.88 Å². The van der Waals surface area contributed by atoms with Gasteiger partial charge in [-0.05, 0) is 32.7 Å². The van der Waals surface area contributed by atoms with Crippen LogP contribution < -0.4 is 10.6 Å². The number of thiazole rings is 1. The smallest absolute Gasteiger partial charge is 0.224 e. The summed E-state index contributed by atoms with van der Waals surface area (Å²) < 4.78 is 0. The van der Waals surface area contributed by atoms with Crippen molar-refractivity contribution in [2.24, 2.45) is 5.92 Å². The van der Waals surface area contributed by atoms with Crippen LogP contribution >= 0.6 is 11.3 Å². The van der Waals surface area contributed by atoms with E-state index in [9.17, 15) is 4.79 Å². The molecule has 1 amide bonds. The molecule has 1 saturated heterocycles. The lowest BCUT2D eigenvalue weighted by Crippen LogP contribution is -2.41. The molecule has 2 unspecified atom stereocenters. The van der Waals surface area contributed by atoms with Gasteiger partial charge in [-0.15, -0.1) is 11.3 Å². The predicted molar refractivity (Wildman–Crippen MR) is 73.6 cm³/mol. The van der Waals surface area contributed by atoms with Gasteiger partial charge in [0.2, 0.25) is 5.91 Å². The number of carbonyl (C=O) groups excluding carboxylic acids is 1. The Balaban J connectivity index is 1.89. The van der Waals surface area contributed by atoms with Crippen LogP contribution in [0.1, 0.15) is 42.6 Å². The Morgan fingerprint density at radius 3 is 3.17 bits per heavy atom. The molecule has 18 heavy (non-hydrogen) atoms. The average Bonchev–Trinajstić information content (AvgIpc) is 2.88. The van der Waals surface area contributed by atoms with Crippen molar-refractivity contribution in [1.82, 2.24) is 15.6 Å². The summed E-state index contributed by atoms with van der Waals surface area (Å²) >= 11 is 1.69. The zero-order chi connectivity index (χ0) is 13.0. The van der Waals surface area contributed by atoms with Crippen LogP contribution in [0.2, 0.25) is 0 Å². The summed E-state index contributed by atoms with van der Waals surface area (Å²) in [6.07, 6.45) is 4.99. The van der Waals surface area contributed by atoms with Crippen molar-refractivity contribution in [2.75, 3.05) is 13.1 Å². The summed E-state index contributed by atoms with van der Waals surface area (Å²) in [6.45, 7) is 5.96. The molecule has 1 aliphatic rings. The van der Waals surface area contributed by atoms with Crippen LogP contribution in [0, 0.1) is 5.92 Å². The van der Waals surface area contributed by atoms with Crippen molar-refractivity contribution < 1.29 is 4.79 Å². The molecule has 4 nitrogen and oxygen atoms in total. The molecule has 1 aromatic heterocycles. The summed E-state index contributed by atoms with van der Waals surface area (Å²) in [5.41, 5.74) is 0. The van der Waals surface area contributed by atoms with Crippen molar-refractivity contribution >= 4 is 17.2 Å². The van der Waals surface area contributed by atoms with E-state index in [2.05, 4.69) is 22.5 Å². The van der Waals surface area contributed by atoms with Gasteiger partial charge in [0, 0.05) is 17.6 Å². The van der Waals surface area contributed by atoms with Gasteiger partial charge in [0.15, 0.2) is 0 Å². The normalized spacial score (nSPS) is 21.6. The third kappa shape index (κ3) is 3.29. The van der Waals surface area contributed by atoms with E-state index < -0.39 is 0 Å². The Morgan fingerprint density at radius 2 is 2.56 bits per heavy atom. The number of amides is 1. The Kier molecular flexibility index (Phi) is 4.72. The molecule has 5 heteroatoms. The summed E-state index contributed by atoms with van der Waals surface area (Å²) in [7, 11) is 0. The van der Waals surface area contributed by atoms with Crippen molar-refractivity contribution in [3.05, 3.63) is 16.1 Å². The van der Waals surface area contributed by atoms with Gasteiger partial charge in [-0.2, -0.15) is 0 Å². The largest absolute Gasteiger partial charge is 0.347 e. The number of rotatable bonds is 4. The van der Waals surface area contributed by atoms with Crippen LogP contribution in [0.5, 0.6) is 0 Å². The highest BCUT2D eigenvalue weighted by atomic mass is 32.1. The first-order valence-electron chi connectivity index (χ1n) is 6.66. The van der Waals surface area contributed by atoms with Crippen LogP contribution in [0.25, 0.3) is 0 Å². The number of hydrogen-bond donors (Lipinski definition) is 2. The molecule has 0 aliphatic carbocycles. The second-order valence-electron chi connectivity index (χ2n) is 4.79. The van der Waals surface area contributed by atoms with E-state index in [0.29, 0.717) is 0 Å². The number of hydrogen-bond acceptors (Lipinski definition) is 4. The number of nitrogens with zero attached hydrogens (tertiary/aromatic N) is 1. The highest BCUT2D eigenvalue weighted by Gasteiger charge is 2.23. The lowest BCUT2D eigenvalue weighted by Gasteiger charge is -2.23. The van der Waals surface area contributed by atoms with Gasteiger partial charge in [-0.1, -0.05) is 6.92 Å². The van der Waals surface area contributed by atoms with Gasteiger partial charge in [-0.3, -0.25) is 4.79 Å². The molecule has 2 atom stereocenters. The topological polar surface area (TPSA) is 54.0 Å². The fourth-order valence-electron chi connectivity index (χ4n) is 2.15. The summed E-state index contributed by atoms with van der Waals surface area (Å²) in [4.78, 5) is 17.7. The van der Waals surface area contributed by atoms with Gasteiger partial charge in [-0.25, -0.2) is 4.98 Å². The lowest BCUT2D eigenvalue weighted by molar-refractivity contribution is -0.126. The molecule has 1 aliphatic heterocycles. The molecule has 1 fully saturated rings. The number of nitrogens with one attached hydrogen (secondary N) is 2. The second-order valence-corrected chi connectivity index (χ2v) is 5.94. The summed E-state index contributed by atoms with van der Waals surface area (Å²) in [6, 6.07) is 0.0183. The SMILES string of the molecule is CCc1cnc(C(C)NC(=O)C2CCCNC2)s1. The van der Waals surface area contributed by atoms with E-state index in [-0.39, 0.29) is 17.9 Å². The van der Waals surface area contributed by atoms with Gasteiger partial charge in [0.25, 0.3) is 0 Å². The third-order valence-electron chi connectivity index (χ3n) is 3.32.